The molecule has 130 valence electrons. The lowest BCUT2D eigenvalue weighted by atomic mass is 9.96. The Labute approximate surface area is 147 Å². The van der Waals surface area contributed by atoms with Gasteiger partial charge in [-0.2, -0.15) is 0 Å². The van der Waals surface area contributed by atoms with Crippen LogP contribution < -0.4 is 0 Å². The van der Waals surface area contributed by atoms with Crippen molar-refractivity contribution in [2.75, 3.05) is 6.54 Å². The summed E-state index contributed by atoms with van der Waals surface area (Å²) < 4.78 is 11.5. The smallest absolute Gasteiger partial charge is 0.263 e. The highest BCUT2D eigenvalue weighted by Crippen LogP contribution is 2.33. The molecule has 25 heavy (non-hydrogen) atoms. The molecule has 1 aliphatic heterocycles. The van der Waals surface area contributed by atoms with Crippen molar-refractivity contribution < 1.29 is 8.83 Å². The highest BCUT2D eigenvalue weighted by atomic mass is 16.4. The second-order valence-electron chi connectivity index (χ2n) is 6.70. The monoisotopic (exact) mass is 337 g/mol. The number of rotatable bonds is 4. The Balaban J connectivity index is 1.57. The molecule has 0 spiro atoms. The molecule has 0 radical (unpaired) electrons. The van der Waals surface area contributed by atoms with Crippen LogP contribution in [-0.2, 0) is 6.54 Å². The normalized spacial score (nSPS) is 18.6. The van der Waals surface area contributed by atoms with Crippen LogP contribution in [0.25, 0.3) is 11.7 Å². The predicted molar refractivity (Wildman–Crippen MR) is 94.9 cm³/mol. The zero-order chi connectivity index (χ0) is 17.2. The molecule has 3 aromatic rings. The maximum atomic E-state index is 5.85. The Bertz CT molecular complexity index is 838. The summed E-state index contributed by atoms with van der Waals surface area (Å²) in [5.74, 6) is 2.98. The molecule has 1 saturated heterocycles. The predicted octanol–water partition coefficient (Wildman–Crippen LogP) is 4.67. The summed E-state index contributed by atoms with van der Waals surface area (Å²) in [6.45, 7) is 5.76. The van der Waals surface area contributed by atoms with Crippen LogP contribution >= 0.6 is 0 Å². The molecule has 0 unspecified atom stereocenters. The van der Waals surface area contributed by atoms with Gasteiger partial charge in [-0.05, 0) is 57.0 Å². The molecule has 0 saturated carbocycles. The lowest BCUT2D eigenvalue weighted by molar-refractivity contribution is 0.138. The second-order valence-corrected chi connectivity index (χ2v) is 6.70. The van der Waals surface area contributed by atoms with Crippen molar-refractivity contribution in [3.63, 3.8) is 0 Å². The zero-order valence-electron chi connectivity index (χ0n) is 14.7. The van der Waals surface area contributed by atoms with Crippen LogP contribution in [0.4, 0.5) is 0 Å². The number of likely N-dealkylation sites (tertiary alicyclic amines) is 1. The third-order valence-electron chi connectivity index (χ3n) is 4.88. The van der Waals surface area contributed by atoms with Gasteiger partial charge >= 0.3 is 0 Å². The second kappa shape index (κ2) is 6.84. The van der Waals surface area contributed by atoms with Crippen LogP contribution in [0, 0.1) is 13.8 Å². The third kappa shape index (κ3) is 3.37. The summed E-state index contributed by atoms with van der Waals surface area (Å²) in [5, 5.41) is 0. The van der Waals surface area contributed by atoms with Crippen molar-refractivity contribution >= 4 is 0 Å². The van der Waals surface area contributed by atoms with Crippen molar-refractivity contribution in [2.45, 2.75) is 45.7 Å². The molecule has 5 nitrogen and oxygen atoms in total. The third-order valence-corrected chi connectivity index (χ3v) is 4.88. The number of pyridine rings is 1. The first-order valence-corrected chi connectivity index (χ1v) is 8.88. The van der Waals surface area contributed by atoms with Crippen molar-refractivity contribution in [3.05, 3.63) is 59.4 Å². The molecule has 5 heteroatoms. The van der Waals surface area contributed by atoms with Gasteiger partial charge in [0.05, 0.1) is 5.69 Å². The van der Waals surface area contributed by atoms with E-state index in [1.165, 1.54) is 18.4 Å². The topological polar surface area (TPSA) is 55.3 Å². The van der Waals surface area contributed by atoms with Gasteiger partial charge in [-0.1, -0.05) is 12.5 Å². The van der Waals surface area contributed by atoms with Gasteiger partial charge in [-0.15, -0.1) is 0 Å². The van der Waals surface area contributed by atoms with Crippen LogP contribution in [0.3, 0.4) is 0 Å². The summed E-state index contributed by atoms with van der Waals surface area (Å²) in [7, 11) is 0. The van der Waals surface area contributed by atoms with E-state index in [2.05, 4.69) is 16.0 Å². The molecule has 3 aromatic heterocycles. The van der Waals surface area contributed by atoms with E-state index >= 15 is 0 Å². The van der Waals surface area contributed by atoms with Gasteiger partial charge in [0.1, 0.15) is 11.5 Å². The van der Waals surface area contributed by atoms with E-state index in [9.17, 15) is 0 Å². The molecular formula is C20H23N3O2. The lowest BCUT2D eigenvalue weighted by Crippen LogP contribution is -2.33. The fourth-order valence-corrected chi connectivity index (χ4v) is 3.55. The van der Waals surface area contributed by atoms with E-state index in [0.29, 0.717) is 17.7 Å². The molecule has 0 N–H and O–H groups in total. The van der Waals surface area contributed by atoms with Gasteiger partial charge in [0.25, 0.3) is 5.89 Å². The van der Waals surface area contributed by atoms with Crippen molar-refractivity contribution in [1.29, 1.82) is 0 Å². The molecule has 4 heterocycles. The number of aromatic nitrogens is 2. The van der Waals surface area contributed by atoms with Crippen LogP contribution in [0.15, 0.2) is 45.5 Å². The minimum atomic E-state index is 0.396. The van der Waals surface area contributed by atoms with Gasteiger partial charge in [0.2, 0.25) is 0 Å². The number of oxazole rings is 1. The highest BCUT2D eigenvalue weighted by molar-refractivity contribution is 5.45. The molecule has 0 aromatic carbocycles. The number of furan rings is 1. The maximum absolute atomic E-state index is 5.85. The molecule has 0 aliphatic carbocycles. The minimum absolute atomic E-state index is 0.396. The minimum Gasteiger partial charge on any atom is -0.456 e. The number of nitrogens with zero attached hydrogens (tertiary/aromatic N) is 3. The van der Waals surface area contributed by atoms with Gasteiger partial charge < -0.3 is 8.83 Å². The molecule has 1 fully saturated rings. The average Bonchev–Trinajstić information content (AvgIpc) is 3.22. The standard InChI is InChI=1S/C20H23N3O2/c1-14-8-9-19(24-14)20-22-17(15(2)25-20)13-23-11-4-3-7-18(23)16-6-5-10-21-12-16/h5-6,8-10,12,18H,3-4,7,11,13H2,1-2H3/t18-/m0/s1. The van der Waals surface area contributed by atoms with Crippen LogP contribution in [-0.4, -0.2) is 21.4 Å². The Morgan fingerprint density at radius 1 is 1.16 bits per heavy atom. The van der Waals surface area contributed by atoms with E-state index in [1.807, 2.05) is 44.4 Å². The molecule has 0 bridgehead atoms. The molecule has 1 atom stereocenters. The Hall–Kier alpha value is -2.40. The zero-order valence-corrected chi connectivity index (χ0v) is 14.7. The molecule has 1 aliphatic rings. The number of hydrogen-bond donors (Lipinski definition) is 0. The van der Waals surface area contributed by atoms with Crippen molar-refractivity contribution in [1.82, 2.24) is 14.9 Å². The van der Waals surface area contributed by atoms with E-state index in [4.69, 9.17) is 13.8 Å². The van der Waals surface area contributed by atoms with E-state index < -0.39 is 0 Å². The summed E-state index contributed by atoms with van der Waals surface area (Å²) in [6, 6.07) is 8.41. The van der Waals surface area contributed by atoms with Gasteiger partial charge in [-0.3, -0.25) is 9.88 Å². The Morgan fingerprint density at radius 3 is 2.84 bits per heavy atom. The molecular weight excluding hydrogens is 314 g/mol. The summed E-state index contributed by atoms with van der Waals surface area (Å²) in [6.07, 6.45) is 7.45. The van der Waals surface area contributed by atoms with Crippen LogP contribution in [0.2, 0.25) is 0 Å². The molecule has 4 rings (SSSR count). The fourth-order valence-electron chi connectivity index (χ4n) is 3.55. The number of aryl methyl sites for hydroxylation is 2. The number of hydrogen-bond acceptors (Lipinski definition) is 5. The van der Waals surface area contributed by atoms with Crippen LogP contribution in [0.1, 0.15) is 48.1 Å². The van der Waals surface area contributed by atoms with E-state index in [1.54, 1.807) is 0 Å². The van der Waals surface area contributed by atoms with Crippen molar-refractivity contribution in [2.24, 2.45) is 0 Å². The van der Waals surface area contributed by atoms with Crippen LogP contribution in [0.5, 0.6) is 0 Å². The van der Waals surface area contributed by atoms with Gasteiger partial charge in [-0.25, -0.2) is 4.98 Å². The summed E-state index contributed by atoms with van der Waals surface area (Å²) in [5.41, 5.74) is 2.27. The summed E-state index contributed by atoms with van der Waals surface area (Å²) in [4.78, 5) is 11.5. The Kier molecular flexibility index (Phi) is 4.40. The molecule has 0 amide bonds. The average molecular weight is 337 g/mol. The fraction of sp³-hybridized carbons (Fsp3) is 0.400. The summed E-state index contributed by atoms with van der Waals surface area (Å²) >= 11 is 0. The first-order chi connectivity index (χ1) is 12.2. The first-order valence-electron chi connectivity index (χ1n) is 8.88. The lowest BCUT2D eigenvalue weighted by Gasteiger charge is -2.35. The van der Waals surface area contributed by atoms with Gasteiger partial charge in [0.15, 0.2) is 5.76 Å². The SMILES string of the molecule is Cc1ccc(-c2nc(CN3CCCC[C@H]3c3cccnc3)c(C)o2)o1. The van der Waals surface area contributed by atoms with Gasteiger partial charge in [0, 0.05) is 25.0 Å². The first kappa shape index (κ1) is 16.1. The number of piperidine rings is 1. The van der Waals surface area contributed by atoms with E-state index in [0.717, 1.165) is 36.7 Å². The maximum Gasteiger partial charge on any atom is 0.263 e. The quantitative estimate of drug-likeness (QED) is 0.692. The Morgan fingerprint density at radius 2 is 2.08 bits per heavy atom. The van der Waals surface area contributed by atoms with Crippen molar-refractivity contribution in [3.8, 4) is 11.7 Å². The van der Waals surface area contributed by atoms with E-state index in [-0.39, 0.29) is 0 Å². The highest BCUT2D eigenvalue weighted by Gasteiger charge is 2.26. The largest absolute Gasteiger partial charge is 0.456 e.